The summed E-state index contributed by atoms with van der Waals surface area (Å²) in [4.78, 5) is 55.9. The van der Waals surface area contributed by atoms with E-state index < -0.39 is 33.8 Å². The third-order valence-electron chi connectivity index (χ3n) is 5.95. The number of nitrogens with one attached hydrogen (secondary N) is 2. The van der Waals surface area contributed by atoms with Crippen LogP contribution in [0, 0.1) is 0 Å². The van der Waals surface area contributed by atoms with Gasteiger partial charge in [-0.1, -0.05) is 47.1 Å². The summed E-state index contributed by atoms with van der Waals surface area (Å²) in [6, 6.07) is 11.8. The number of alkyl halides is 3. The maximum absolute atomic E-state index is 13.9. The second-order valence-electron chi connectivity index (χ2n) is 8.50. The van der Waals surface area contributed by atoms with E-state index in [4.69, 9.17) is 34.8 Å². The minimum absolute atomic E-state index is 0.0733. The molecule has 0 aliphatic carbocycles. The molecule has 0 saturated heterocycles. The summed E-state index contributed by atoms with van der Waals surface area (Å²) in [5.41, 5.74) is -1.58. The number of nitrogens with zero attached hydrogens (tertiary/aromatic N) is 2. The number of amides is 1. The molecule has 5 rings (SSSR count). The summed E-state index contributed by atoms with van der Waals surface area (Å²) in [5.74, 6) is -0.717. The van der Waals surface area contributed by atoms with Crippen molar-refractivity contribution in [3.05, 3.63) is 118 Å². The summed E-state index contributed by atoms with van der Waals surface area (Å²) in [6.07, 6.45) is 1.33. The van der Waals surface area contributed by atoms with Crippen molar-refractivity contribution in [2.75, 3.05) is 0 Å². The van der Waals surface area contributed by atoms with Gasteiger partial charge in [0.15, 0.2) is 0 Å². The largest absolute Gasteiger partial charge is 0.362 e. The second kappa shape index (κ2) is 10.3. The number of benzene rings is 2. The van der Waals surface area contributed by atoms with Crippen LogP contribution in [0.3, 0.4) is 0 Å². The highest BCUT2D eigenvalue weighted by Gasteiger charge is 2.34. The number of aromatic nitrogens is 3. The molecule has 14 heteroatoms. The molecule has 8 nitrogen and oxygen atoms in total. The van der Waals surface area contributed by atoms with Crippen LogP contribution < -0.4 is 16.8 Å². The van der Waals surface area contributed by atoms with Gasteiger partial charge in [-0.3, -0.25) is 23.9 Å². The minimum Gasteiger partial charge on any atom is -0.330 e. The van der Waals surface area contributed by atoms with Gasteiger partial charge in [-0.05, 0) is 53.1 Å². The van der Waals surface area contributed by atoms with Gasteiger partial charge in [0.1, 0.15) is 11.3 Å². The third-order valence-corrected chi connectivity index (χ3v) is 8.19. The molecule has 4 aromatic rings. The molecular formula is C25H15Cl3F2N4O4S. The number of hydrogen-bond acceptors (Lipinski definition) is 5. The Labute approximate surface area is 237 Å². The molecule has 2 N–H and O–H groups in total. The van der Waals surface area contributed by atoms with E-state index in [-0.39, 0.29) is 38.5 Å². The van der Waals surface area contributed by atoms with E-state index in [1.165, 1.54) is 33.9 Å². The highest BCUT2D eigenvalue weighted by molar-refractivity contribution is 7.99. The van der Waals surface area contributed by atoms with Crippen molar-refractivity contribution < 1.29 is 13.6 Å². The summed E-state index contributed by atoms with van der Waals surface area (Å²) in [7, 11) is 0. The van der Waals surface area contributed by atoms with Gasteiger partial charge in [0.25, 0.3) is 17.0 Å². The lowest BCUT2D eigenvalue weighted by Crippen LogP contribution is -2.32. The maximum Gasteiger partial charge on any atom is 0.362 e. The van der Waals surface area contributed by atoms with Crippen molar-refractivity contribution in [2.45, 2.75) is 28.3 Å². The number of aromatic amines is 2. The van der Waals surface area contributed by atoms with Gasteiger partial charge in [-0.15, -0.1) is 0 Å². The van der Waals surface area contributed by atoms with Crippen molar-refractivity contribution in [3.8, 4) is 5.69 Å². The molecule has 3 heterocycles. The zero-order chi connectivity index (χ0) is 28.1. The van der Waals surface area contributed by atoms with Crippen LogP contribution in [-0.4, -0.2) is 25.3 Å². The molecule has 200 valence electrons. The van der Waals surface area contributed by atoms with E-state index in [2.05, 4.69) is 4.98 Å². The number of fused-ring (bicyclic) bond motifs is 1. The molecule has 1 amide bonds. The Kier molecular flexibility index (Phi) is 7.19. The Balaban J connectivity index is 1.52. The number of H-pyrrole nitrogens is 2. The maximum atomic E-state index is 13.9. The topological polar surface area (TPSA) is 108 Å². The number of halogens is 5. The molecule has 0 fully saturated rings. The first-order chi connectivity index (χ1) is 18.4. The number of carbonyl (C=O) groups is 1. The molecule has 0 atom stereocenters. The smallest absolute Gasteiger partial charge is 0.330 e. The number of pyridine rings is 1. The van der Waals surface area contributed by atoms with Crippen LogP contribution in [0.15, 0.2) is 78.9 Å². The van der Waals surface area contributed by atoms with Crippen LogP contribution in [0.25, 0.3) is 5.69 Å². The van der Waals surface area contributed by atoms with E-state index in [1.54, 1.807) is 24.3 Å². The van der Waals surface area contributed by atoms with Gasteiger partial charge in [0, 0.05) is 35.1 Å². The predicted octanol–water partition coefficient (Wildman–Crippen LogP) is 5.12. The summed E-state index contributed by atoms with van der Waals surface area (Å²) in [6.45, 7) is 0.197. The van der Waals surface area contributed by atoms with E-state index in [0.717, 1.165) is 23.4 Å². The lowest BCUT2D eigenvalue weighted by Gasteiger charge is -2.19. The molecule has 1 aliphatic rings. The lowest BCUT2D eigenvalue weighted by molar-refractivity contribution is 0.0740. The van der Waals surface area contributed by atoms with E-state index in [0.29, 0.717) is 11.3 Å². The fourth-order valence-corrected chi connectivity index (χ4v) is 5.86. The van der Waals surface area contributed by atoms with Crippen LogP contribution in [0.2, 0.25) is 10.0 Å². The first-order valence-electron chi connectivity index (χ1n) is 11.1. The lowest BCUT2D eigenvalue weighted by atomic mass is 10.1. The second-order valence-corrected chi connectivity index (χ2v) is 10.8. The molecule has 39 heavy (non-hydrogen) atoms. The van der Waals surface area contributed by atoms with Crippen LogP contribution in [0.1, 0.15) is 27.2 Å². The average Bonchev–Trinajstić information content (AvgIpc) is 3.29. The molecule has 2 aromatic carbocycles. The normalized spacial score (nSPS) is 13.0. The SMILES string of the molecule is O=C(c1c(Sc2c(Cl)cccc2Cl)cc(C(F)(F)Cl)[nH]c1=O)N1Cc2ccc(-n3ccc(=O)[nH]c3=O)cc2C1. The van der Waals surface area contributed by atoms with Crippen molar-refractivity contribution >= 4 is 52.5 Å². The molecule has 0 bridgehead atoms. The molecule has 0 spiro atoms. The zero-order valence-electron chi connectivity index (χ0n) is 19.4. The van der Waals surface area contributed by atoms with Crippen LogP contribution in [0.4, 0.5) is 8.78 Å². The van der Waals surface area contributed by atoms with Crippen molar-refractivity contribution in [1.82, 2.24) is 19.4 Å². The van der Waals surface area contributed by atoms with Crippen LogP contribution in [0.5, 0.6) is 0 Å². The van der Waals surface area contributed by atoms with Crippen LogP contribution in [-0.2, 0) is 18.5 Å². The number of rotatable bonds is 5. The molecule has 0 radical (unpaired) electrons. The summed E-state index contributed by atoms with van der Waals surface area (Å²) < 4.78 is 29.1. The molecule has 0 saturated carbocycles. The van der Waals surface area contributed by atoms with Crippen molar-refractivity contribution in [1.29, 1.82) is 0 Å². The summed E-state index contributed by atoms with van der Waals surface area (Å²) >= 11 is 18.5. The minimum atomic E-state index is -3.90. The monoisotopic (exact) mass is 610 g/mol. The van der Waals surface area contributed by atoms with Gasteiger partial charge in [0.05, 0.1) is 15.7 Å². The Hall–Kier alpha value is -3.38. The fraction of sp³-hybridized carbons (Fsp3) is 0.120. The van der Waals surface area contributed by atoms with Crippen molar-refractivity contribution in [3.63, 3.8) is 0 Å². The van der Waals surface area contributed by atoms with Gasteiger partial charge < -0.3 is 9.88 Å². The Morgan fingerprint density at radius 2 is 1.64 bits per heavy atom. The van der Waals surface area contributed by atoms with Crippen molar-refractivity contribution in [2.24, 2.45) is 0 Å². The van der Waals surface area contributed by atoms with Gasteiger partial charge >= 0.3 is 11.1 Å². The van der Waals surface area contributed by atoms with E-state index in [1.807, 2.05) is 4.98 Å². The summed E-state index contributed by atoms with van der Waals surface area (Å²) in [5, 5.41) is -3.51. The van der Waals surface area contributed by atoms with Gasteiger partial charge in [-0.2, -0.15) is 8.78 Å². The standard InChI is InChI=1S/C25H15Cl3F2N4O4S/c26-15-2-1-3-16(27)21(15)39-17-9-18(25(28,29)30)31-22(36)20(17)23(37)33-10-12-4-5-14(8-13(12)11-33)34-7-6-19(35)32-24(34)38/h1-9H,10-11H2,(H,31,36)(H,32,35,38). The number of hydrogen-bond donors (Lipinski definition) is 2. The Morgan fingerprint density at radius 3 is 2.31 bits per heavy atom. The quantitative estimate of drug-likeness (QED) is 0.305. The molecular weight excluding hydrogens is 597 g/mol. The molecule has 1 aliphatic heterocycles. The highest BCUT2D eigenvalue weighted by Crippen LogP contribution is 2.41. The number of carbonyl (C=O) groups excluding carboxylic acids is 1. The van der Waals surface area contributed by atoms with Gasteiger partial charge in [0.2, 0.25) is 0 Å². The van der Waals surface area contributed by atoms with E-state index >= 15 is 0 Å². The molecule has 0 unspecified atom stereocenters. The average molecular weight is 612 g/mol. The Bertz CT molecular complexity index is 1800. The zero-order valence-corrected chi connectivity index (χ0v) is 22.5. The predicted molar refractivity (Wildman–Crippen MR) is 144 cm³/mol. The van der Waals surface area contributed by atoms with Crippen LogP contribution >= 0.6 is 46.6 Å². The first kappa shape index (κ1) is 27.2. The fourth-order valence-electron chi connectivity index (χ4n) is 4.11. The van der Waals surface area contributed by atoms with E-state index in [9.17, 15) is 28.0 Å². The molecule has 2 aromatic heterocycles. The Morgan fingerprint density at radius 1 is 0.949 bits per heavy atom. The third kappa shape index (κ3) is 5.40. The van der Waals surface area contributed by atoms with Gasteiger partial charge in [-0.25, -0.2) is 4.79 Å². The first-order valence-corrected chi connectivity index (χ1v) is 13.1. The highest BCUT2D eigenvalue weighted by atomic mass is 35.5.